The van der Waals surface area contributed by atoms with E-state index >= 15 is 0 Å². The Morgan fingerprint density at radius 1 is 1.08 bits per heavy atom. The molecule has 1 aliphatic carbocycles. The number of ether oxygens (including phenoxy) is 1. The molecule has 1 saturated carbocycles. The summed E-state index contributed by atoms with van der Waals surface area (Å²) in [5, 5.41) is 11.0. The van der Waals surface area contributed by atoms with E-state index in [-0.39, 0.29) is 18.1 Å². The first kappa shape index (κ1) is 22.4. The van der Waals surface area contributed by atoms with Crippen LogP contribution in [0.2, 0.25) is 0 Å². The van der Waals surface area contributed by atoms with Gasteiger partial charge in [0.25, 0.3) is 0 Å². The predicted octanol–water partition coefficient (Wildman–Crippen LogP) is 4.47. The largest absolute Gasteiger partial charge is 0.486 e. The molecule has 2 fully saturated rings. The highest BCUT2D eigenvalue weighted by atomic mass is 19.1. The summed E-state index contributed by atoms with van der Waals surface area (Å²) in [6, 6.07) is 8.66. The lowest BCUT2D eigenvalue weighted by atomic mass is 9.99. The Morgan fingerprint density at radius 2 is 1.97 bits per heavy atom. The fourth-order valence-corrected chi connectivity index (χ4v) is 5.46. The van der Waals surface area contributed by atoms with Gasteiger partial charge in [0.15, 0.2) is 5.75 Å². The Bertz CT molecular complexity index is 1520. The van der Waals surface area contributed by atoms with E-state index < -0.39 is 0 Å². The van der Waals surface area contributed by atoms with Gasteiger partial charge in [-0.25, -0.2) is 14.4 Å². The molecule has 4 aromatic rings. The Balaban J connectivity index is 1.40. The molecule has 188 valence electrons. The maximum atomic E-state index is 15.0. The smallest absolute Gasteiger partial charge is 0.155 e. The van der Waals surface area contributed by atoms with Crippen molar-refractivity contribution in [1.29, 1.82) is 0 Å². The van der Waals surface area contributed by atoms with E-state index in [1.165, 1.54) is 24.5 Å². The first-order valence-corrected chi connectivity index (χ1v) is 12.8. The van der Waals surface area contributed by atoms with Gasteiger partial charge >= 0.3 is 0 Å². The number of aromatic amines is 1. The Hall–Kier alpha value is -3.82. The number of H-pyrrole nitrogens is 1. The summed E-state index contributed by atoms with van der Waals surface area (Å²) in [7, 11) is 1.92. The number of rotatable bonds is 6. The molecule has 37 heavy (non-hydrogen) atoms. The monoisotopic (exact) mass is 497 g/mol. The summed E-state index contributed by atoms with van der Waals surface area (Å²) >= 11 is 0. The third-order valence-corrected chi connectivity index (χ3v) is 7.44. The number of benzene rings is 1. The number of aromatic nitrogens is 3. The summed E-state index contributed by atoms with van der Waals surface area (Å²) in [5.74, 6) is 1.53. The minimum atomic E-state index is -0.319. The van der Waals surface area contributed by atoms with Crippen molar-refractivity contribution in [1.82, 2.24) is 25.6 Å². The molecule has 8 nitrogen and oxygen atoms in total. The molecular weight excluding hydrogens is 469 g/mol. The van der Waals surface area contributed by atoms with Crippen LogP contribution >= 0.6 is 0 Å². The van der Waals surface area contributed by atoms with Gasteiger partial charge in [0.05, 0.1) is 23.0 Å². The Morgan fingerprint density at radius 3 is 2.76 bits per heavy atom. The van der Waals surface area contributed by atoms with Crippen LogP contribution in [0.5, 0.6) is 5.75 Å². The highest BCUT2D eigenvalue weighted by Crippen LogP contribution is 2.46. The van der Waals surface area contributed by atoms with E-state index in [1.807, 2.05) is 31.6 Å². The summed E-state index contributed by atoms with van der Waals surface area (Å²) in [4.78, 5) is 17.5. The third kappa shape index (κ3) is 3.86. The van der Waals surface area contributed by atoms with Crippen molar-refractivity contribution in [2.75, 3.05) is 25.5 Å². The zero-order valence-corrected chi connectivity index (χ0v) is 20.5. The summed E-state index contributed by atoms with van der Waals surface area (Å²) in [5.41, 5.74) is 5.86. The number of halogens is 1. The van der Waals surface area contributed by atoms with Gasteiger partial charge in [-0.1, -0.05) is 12.1 Å². The SMILES string of the molecule is CNC1N=C(c2ccnc3[nH]c(-c4ccccc4F)c(OC4CCNC4)c23)Nc2cncc(C3CC3)c21. The van der Waals surface area contributed by atoms with Gasteiger partial charge in [-0.05, 0) is 62.5 Å². The van der Waals surface area contributed by atoms with Gasteiger partial charge in [-0.3, -0.25) is 10.3 Å². The van der Waals surface area contributed by atoms with Crippen LogP contribution in [0.15, 0.2) is 53.9 Å². The number of nitrogens with one attached hydrogen (secondary N) is 4. The normalized spacial score (nSPS) is 21.0. The summed E-state index contributed by atoms with van der Waals surface area (Å²) in [6.07, 6.45) is 8.61. The van der Waals surface area contributed by atoms with E-state index in [1.54, 1.807) is 18.3 Å². The highest BCUT2D eigenvalue weighted by molar-refractivity contribution is 6.18. The Labute approximate surface area is 213 Å². The molecule has 7 rings (SSSR count). The number of pyridine rings is 2. The van der Waals surface area contributed by atoms with Crippen molar-refractivity contribution >= 4 is 22.6 Å². The molecule has 0 spiro atoms. The number of anilines is 1. The van der Waals surface area contributed by atoms with Crippen molar-refractivity contribution < 1.29 is 9.13 Å². The van der Waals surface area contributed by atoms with E-state index in [4.69, 9.17) is 9.73 Å². The molecular formula is C28H28FN7O. The van der Waals surface area contributed by atoms with Gasteiger partial charge < -0.3 is 20.4 Å². The topological polar surface area (TPSA) is 99.2 Å². The van der Waals surface area contributed by atoms with Crippen LogP contribution in [0.4, 0.5) is 10.1 Å². The lowest BCUT2D eigenvalue weighted by molar-refractivity contribution is 0.227. The molecule has 9 heteroatoms. The van der Waals surface area contributed by atoms with Crippen LogP contribution in [0.3, 0.4) is 0 Å². The molecule has 0 bridgehead atoms. The van der Waals surface area contributed by atoms with E-state index in [0.29, 0.717) is 34.4 Å². The maximum absolute atomic E-state index is 15.0. The van der Waals surface area contributed by atoms with E-state index in [0.717, 1.165) is 41.7 Å². The lowest BCUT2D eigenvalue weighted by Crippen LogP contribution is -2.28. The zero-order chi connectivity index (χ0) is 24.9. The average molecular weight is 498 g/mol. The number of fused-ring (bicyclic) bond motifs is 2. The van der Waals surface area contributed by atoms with Gasteiger partial charge in [0, 0.05) is 35.6 Å². The van der Waals surface area contributed by atoms with Gasteiger partial charge in [-0.2, -0.15) is 0 Å². The van der Waals surface area contributed by atoms with Crippen LogP contribution < -0.4 is 20.7 Å². The van der Waals surface area contributed by atoms with Crippen molar-refractivity contribution in [3.8, 4) is 17.0 Å². The van der Waals surface area contributed by atoms with Crippen LogP contribution in [0.25, 0.3) is 22.3 Å². The fourth-order valence-electron chi connectivity index (χ4n) is 5.46. The quantitative estimate of drug-likeness (QED) is 0.314. The van der Waals surface area contributed by atoms with Gasteiger partial charge in [0.1, 0.15) is 29.6 Å². The summed E-state index contributed by atoms with van der Waals surface area (Å²) in [6.45, 7) is 1.63. The minimum Gasteiger partial charge on any atom is -0.486 e. The van der Waals surface area contributed by atoms with Gasteiger partial charge in [-0.15, -0.1) is 0 Å². The minimum absolute atomic E-state index is 0.0186. The molecule has 2 atom stereocenters. The van der Waals surface area contributed by atoms with Crippen LogP contribution in [0, 0.1) is 5.82 Å². The molecule has 3 aliphatic rings. The number of aliphatic imine (C=N–C) groups is 1. The second-order valence-electron chi connectivity index (χ2n) is 9.88. The molecule has 2 unspecified atom stereocenters. The summed E-state index contributed by atoms with van der Waals surface area (Å²) < 4.78 is 21.5. The maximum Gasteiger partial charge on any atom is 0.155 e. The van der Waals surface area contributed by atoms with Crippen molar-refractivity contribution in [2.45, 2.75) is 37.5 Å². The van der Waals surface area contributed by atoms with Gasteiger partial charge in [0.2, 0.25) is 0 Å². The second-order valence-corrected chi connectivity index (χ2v) is 9.88. The number of hydrogen-bond donors (Lipinski definition) is 4. The first-order valence-electron chi connectivity index (χ1n) is 12.8. The van der Waals surface area contributed by atoms with Crippen molar-refractivity contribution in [2.24, 2.45) is 4.99 Å². The predicted molar refractivity (Wildman–Crippen MR) is 142 cm³/mol. The Kier molecular flexibility index (Phi) is 5.40. The van der Waals surface area contributed by atoms with Crippen LogP contribution in [-0.4, -0.2) is 47.0 Å². The van der Waals surface area contributed by atoms with Crippen LogP contribution in [0.1, 0.15) is 48.0 Å². The molecule has 2 aliphatic heterocycles. The number of nitrogens with zero attached hydrogens (tertiary/aromatic N) is 3. The number of amidine groups is 1. The molecule has 3 aromatic heterocycles. The van der Waals surface area contributed by atoms with Crippen LogP contribution in [-0.2, 0) is 0 Å². The lowest BCUT2D eigenvalue weighted by Gasteiger charge is -2.27. The molecule has 0 radical (unpaired) electrons. The molecule has 1 aromatic carbocycles. The second kappa shape index (κ2) is 8.93. The average Bonchev–Trinajstić information content (AvgIpc) is 3.53. The first-order chi connectivity index (χ1) is 18.2. The zero-order valence-electron chi connectivity index (χ0n) is 20.5. The molecule has 5 heterocycles. The van der Waals surface area contributed by atoms with E-state index in [9.17, 15) is 4.39 Å². The van der Waals surface area contributed by atoms with E-state index in [2.05, 4.69) is 30.9 Å². The molecule has 1 saturated heterocycles. The third-order valence-electron chi connectivity index (χ3n) is 7.44. The van der Waals surface area contributed by atoms with Crippen molar-refractivity contribution in [3.05, 3.63) is 71.4 Å². The highest BCUT2D eigenvalue weighted by Gasteiger charge is 2.33. The number of hydrogen-bond acceptors (Lipinski definition) is 7. The molecule has 0 amide bonds. The molecule has 4 N–H and O–H groups in total. The standard InChI is InChI=1S/C28H28FN7O/c1-30-27-22-19(15-6-7-15)13-32-14-21(22)34-26(36-27)18-9-11-33-28-23(18)25(37-16-8-10-31-12-16)24(35-28)17-4-2-3-5-20(17)29/h2-5,9,11,13-16,27,30-31H,6-8,10,12H2,1H3,(H,33,35)(H,34,36). The fraction of sp³-hybridized carbons (Fsp3) is 0.321. The van der Waals surface area contributed by atoms with Crippen molar-refractivity contribution in [3.63, 3.8) is 0 Å².